The van der Waals surface area contributed by atoms with E-state index in [2.05, 4.69) is 0 Å². The first-order valence-corrected chi connectivity index (χ1v) is 7.75. The fourth-order valence-corrected chi connectivity index (χ4v) is 2.25. The monoisotopic (exact) mass is 337 g/mol. The summed E-state index contributed by atoms with van der Waals surface area (Å²) in [5.74, 6) is -0.641. The molecule has 0 saturated carbocycles. The SMILES string of the molecule is CC(C)(C)OC(=O)[C@@H]1COCC(O)N1C(=O)OCc1ccccc1. The van der Waals surface area contributed by atoms with Crippen LogP contribution < -0.4 is 0 Å². The van der Waals surface area contributed by atoms with Crippen molar-refractivity contribution in [3.05, 3.63) is 35.9 Å². The number of nitrogens with zero attached hydrogens (tertiary/aromatic N) is 1. The summed E-state index contributed by atoms with van der Waals surface area (Å²) in [6.07, 6.45) is -2.05. The third-order valence-electron chi connectivity index (χ3n) is 3.29. The van der Waals surface area contributed by atoms with Gasteiger partial charge in [0.2, 0.25) is 0 Å². The highest BCUT2D eigenvalue weighted by molar-refractivity contribution is 5.82. The lowest BCUT2D eigenvalue weighted by Crippen LogP contribution is -2.59. The molecule has 0 aromatic heterocycles. The van der Waals surface area contributed by atoms with E-state index in [1.165, 1.54) is 0 Å². The van der Waals surface area contributed by atoms with Crippen molar-refractivity contribution in [1.82, 2.24) is 4.90 Å². The predicted molar refractivity (Wildman–Crippen MR) is 84.9 cm³/mol. The Bertz CT molecular complexity index is 568. The van der Waals surface area contributed by atoms with Crippen LogP contribution in [-0.2, 0) is 25.6 Å². The van der Waals surface area contributed by atoms with Crippen LogP contribution in [0.2, 0.25) is 0 Å². The van der Waals surface area contributed by atoms with E-state index in [0.717, 1.165) is 10.5 Å². The Hall–Kier alpha value is -2.12. The second-order valence-corrected chi connectivity index (χ2v) is 6.51. The number of hydrogen-bond donors (Lipinski definition) is 1. The molecule has 2 atom stereocenters. The zero-order chi connectivity index (χ0) is 17.7. The van der Waals surface area contributed by atoms with Crippen LogP contribution >= 0.6 is 0 Å². The van der Waals surface area contributed by atoms with Gasteiger partial charge in [-0.25, -0.2) is 9.59 Å². The molecule has 24 heavy (non-hydrogen) atoms. The summed E-state index contributed by atoms with van der Waals surface area (Å²) >= 11 is 0. The lowest BCUT2D eigenvalue weighted by atomic mass is 10.1. The van der Waals surface area contributed by atoms with Gasteiger partial charge in [0.15, 0.2) is 12.3 Å². The topological polar surface area (TPSA) is 85.3 Å². The number of benzene rings is 1. The van der Waals surface area contributed by atoms with Gasteiger partial charge in [-0.3, -0.25) is 4.90 Å². The van der Waals surface area contributed by atoms with E-state index in [0.29, 0.717) is 0 Å². The Morgan fingerprint density at radius 1 is 1.25 bits per heavy atom. The molecule has 1 amide bonds. The van der Waals surface area contributed by atoms with E-state index < -0.39 is 29.9 Å². The summed E-state index contributed by atoms with van der Waals surface area (Å²) in [5.41, 5.74) is 0.0986. The Morgan fingerprint density at radius 3 is 2.54 bits per heavy atom. The molecule has 1 N–H and O–H groups in total. The Kier molecular flexibility index (Phi) is 5.80. The number of hydrogen-bond acceptors (Lipinski definition) is 6. The van der Waals surface area contributed by atoms with Crippen LogP contribution in [0.3, 0.4) is 0 Å². The number of esters is 1. The fraction of sp³-hybridized carbons (Fsp3) is 0.529. The van der Waals surface area contributed by atoms with E-state index in [-0.39, 0.29) is 19.8 Å². The molecule has 1 saturated heterocycles. The molecular formula is C17H23NO6. The van der Waals surface area contributed by atoms with Crippen molar-refractivity contribution in [2.24, 2.45) is 0 Å². The van der Waals surface area contributed by atoms with E-state index in [1.54, 1.807) is 20.8 Å². The molecule has 7 nitrogen and oxygen atoms in total. The molecule has 0 spiro atoms. The standard InChI is InChI=1S/C17H23NO6/c1-17(2,3)24-15(20)13-10-22-11-14(19)18(13)16(21)23-9-12-7-5-4-6-8-12/h4-8,13-14,19H,9-11H2,1-3H3/t13-,14?/m0/s1. The number of morpholine rings is 1. The van der Waals surface area contributed by atoms with E-state index >= 15 is 0 Å². The van der Waals surface area contributed by atoms with Crippen molar-refractivity contribution < 1.29 is 28.9 Å². The van der Waals surface area contributed by atoms with Gasteiger partial charge in [0.25, 0.3) is 0 Å². The smallest absolute Gasteiger partial charge is 0.413 e. The Labute approximate surface area is 141 Å². The minimum atomic E-state index is -1.26. The van der Waals surface area contributed by atoms with Gasteiger partial charge in [0.1, 0.15) is 12.2 Å². The summed E-state index contributed by atoms with van der Waals surface area (Å²) in [4.78, 5) is 25.6. The summed E-state index contributed by atoms with van der Waals surface area (Å²) in [6, 6.07) is 8.10. The highest BCUT2D eigenvalue weighted by atomic mass is 16.6. The van der Waals surface area contributed by atoms with E-state index in [9.17, 15) is 14.7 Å². The van der Waals surface area contributed by atoms with Gasteiger partial charge in [0, 0.05) is 0 Å². The molecule has 7 heteroatoms. The van der Waals surface area contributed by atoms with Crippen LogP contribution in [-0.4, -0.2) is 53.2 Å². The fourth-order valence-electron chi connectivity index (χ4n) is 2.25. The van der Waals surface area contributed by atoms with Crippen molar-refractivity contribution in [2.75, 3.05) is 13.2 Å². The molecular weight excluding hydrogens is 314 g/mol. The van der Waals surface area contributed by atoms with Gasteiger partial charge >= 0.3 is 12.1 Å². The van der Waals surface area contributed by atoms with Gasteiger partial charge in [-0.05, 0) is 26.3 Å². The first-order valence-electron chi connectivity index (χ1n) is 7.75. The maximum atomic E-state index is 12.3. The van der Waals surface area contributed by atoms with Crippen LogP contribution in [0.4, 0.5) is 4.79 Å². The van der Waals surface area contributed by atoms with Gasteiger partial charge in [0.05, 0.1) is 13.2 Å². The van der Waals surface area contributed by atoms with Crippen LogP contribution in [0.25, 0.3) is 0 Å². The first kappa shape index (κ1) is 18.2. The quantitative estimate of drug-likeness (QED) is 0.845. The molecule has 1 fully saturated rings. The average Bonchev–Trinajstić information content (AvgIpc) is 2.51. The van der Waals surface area contributed by atoms with E-state index in [4.69, 9.17) is 14.2 Å². The van der Waals surface area contributed by atoms with Crippen molar-refractivity contribution >= 4 is 12.1 Å². The maximum absolute atomic E-state index is 12.3. The second kappa shape index (κ2) is 7.63. The molecule has 1 unspecified atom stereocenters. The summed E-state index contributed by atoms with van der Waals surface area (Å²) in [7, 11) is 0. The molecule has 2 rings (SSSR count). The van der Waals surface area contributed by atoms with Crippen LogP contribution in [0.15, 0.2) is 30.3 Å². The number of aliphatic hydroxyl groups is 1. The highest BCUT2D eigenvalue weighted by Gasteiger charge is 2.41. The zero-order valence-corrected chi connectivity index (χ0v) is 14.1. The van der Waals surface area contributed by atoms with Gasteiger partial charge in [-0.2, -0.15) is 0 Å². The molecule has 0 aliphatic carbocycles. The molecule has 1 aromatic rings. The number of amides is 1. The van der Waals surface area contributed by atoms with Crippen molar-refractivity contribution in [2.45, 2.75) is 45.2 Å². The average molecular weight is 337 g/mol. The van der Waals surface area contributed by atoms with Crippen LogP contribution in [0, 0.1) is 0 Å². The molecule has 132 valence electrons. The molecule has 1 aliphatic rings. The van der Waals surface area contributed by atoms with E-state index in [1.807, 2.05) is 30.3 Å². The molecule has 1 aromatic carbocycles. The molecule has 1 aliphatic heterocycles. The zero-order valence-electron chi connectivity index (χ0n) is 14.1. The summed E-state index contributed by atoms with van der Waals surface area (Å²) in [5, 5.41) is 10.0. The number of rotatable bonds is 3. The maximum Gasteiger partial charge on any atom is 0.413 e. The second-order valence-electron chi connectivity index (χ2n) is 6.51. The van der Waals surface area contributed by atoms with Crippen molar-refractivity contribution in [1.29, 1.82) is 0 Å². The molecule has 0 radical (unpaired) electrons. The van der Waals surface area contributed by atoms with Crippen molar-refractivity contribution in [3.8, 4) is 0 Å². The normalized spacial score (nSPS) is 21.2. The Balaban J connectivity index is 2.04. The lowest BCUT2D eigenvalue weighted by molar-refractivity contribution is -0.180. The number of carbonyl (C=O) groups is 2. The van der Waals surface area contributed by atoms with Gasteiger partial charge in [-0.1, -0.05) is 30.3 Å². The largest absolute Gasteiger partial charge is 0.458 e. The minimum absolute atomic E-state index is 0.0464. The van der Waals surface area contributed by atoms with Crippen LogP contribution in [0.1, 0.15) is 26.3 Å². The third kappa shape index (κ3) is 4.94. The van der Waals surface area contributed by atoms with Gasteiger partial charge in [-0.15, -0.1) is 0 Å². The number of ether oxygens (including phenoxy) is 3. The summed E-state index contributed by atoms with van der Waals surface area (Å²) < 4.78 is 15.7. The minimum Gasteiger partial charge on any atom is -0.458 e. The predicted octanol–water partition coefficient (Wildman–Crippen LogP) is 1.68. The molecule has 0 bridgehead atoms. The molecule has 1 heterocycles. The Morgan fingerprint density at radius 2 is 1.92 bits per heavy atom. The van der Waals surface area contributed by atoms with Crippen LogP contribution in [0.5, 0.6) is 0 Å². The third-order valence-corrected chi connectivity index (χ3v) is 3.29. The highest BCUT2D eigenvalue weighted by Crippen LogP contribution is 2.18. The number of carbonyl (C=O) groups excluding carboxylic acids is 2. The summed E-state index contributed by atoms with van der Waals surface area (Å²) in [6.45, 7) is 5.09. The first-order chi connectivity index (χ1) is 11.3. The lowest BCUT2D eigenvalue weighted by Gasteiger charge is -2.37. The number of aliphatic hydroxyl groups excluding tert-OH is 1. The van der Waals surface area contributed by atoms with Crippen molar-refractivity contribution in [3.63, 3.8) is 0 Å². The van der Waals surface area contributed by atoms with Gasteiger partial charge < -0.3 is 19.3 Å².